The molecule has 0 aliphatic carbocycles. The van der Waals surface area contributed by atoms with E-state index in [0.717, 1.165) is 25.7 Å². The zero-order chi connectivity index (χ0) is 36.3. The summed E-state index contributed by atoms with van der Waals surface area (Å²) in [6.45, 7) is 1.02. The monoisotopic (exact) mass is 784 g/mol. The minimum absolute atomic E-state index is 0.0529. The molecule has 0 amide bonds. The van der Waals surface area contributed by atoms with E-state index in [-0.39, 0.29) is 129 Å². The van der Waals surface area contributed by atoms with E-state index in [1.165, 1.54) is 0 Å². The van der Waals surface area contributed by atoms with E-state index in [1.54, 1.807) is 0 Å². The van der Waals surface area contributed by atoms with Crippen LogP contribution in [0, 0.1) is 5.41 Å². The maximum atomic E-state index is 11.9. The molecule has 0 aliphatic rings. The fourth-order valence-corrected chi connectivity index (χ4v) is 4.76. The fraction of sp³-hybridized carbons (Fsp3) is 0.879. The van der Waals surface area contributed by atoms with Crippen molar-refractivity contribution in [3.05, 3.63) is 0 Å². The van der Waals surface area contributed by atoms with Gasteiger partial charge in [-0.05, 0) is 51.4 Å². The Morgan fingerprint density at radius 2 is 0.571 bits per heavy atom. The van der Waals surface area contributed by atoms with Crippen molar-refractivity contribution >= 4 is 70.3 Å². The molecule has 0 radical (unpaired) electrons. The van der Waals surface area contributed by atoms with Gasteiger partial charge in [0.05, 0.1) is 58.3 Å². The molecular weight excluding hydrogens is 730 g/mol. The summed E-state index contributed by atoms with van der Waals surface area (Å²) in [5.41, 5.74) is -0.872. The summed E-state index contributed by atoms with van der Waals surface area (Å²) in [6.07, 6.45) is 6.59. The summed E-state index contributed by atoms with van der Waals surface area (Å²) < 4.78 is 44.6. The van der Waals surface area contributed by atoms with Crippen molar-refractivity contribution in [2.75, 3.05) is 103 Å². The lowest BCUT2D eigenvalue weighted by Crippen LogP contribution is -2.43. The number of hydrogen-bond acceptors (Lipinski definition) is 12. The highest BCUT2D eigenvalue weighted by Gasteiger charge is 2.33. The molecule has 0 N–H and O–H groups in total. The first-order valence-electron chi connectivity index (χ1n) is 17.0. The number of rotatable bonds is 36. The van der Waals surface area contributed by atoms with E-state index in [9.17, 15) is 19.2 Å². The molecule has 288 valence electrons. The second-order valence-electron chi connectivity index (χ2n) is 11.2. The van der Waals surface area contributed by atoms with Gasteiger partial charge in [0.2, 0.25) is 0 Å². The van der Waals surface area contributed by atoms with E-state index >= 15 is 0 Å². The van der Waals surface area contributed by atoms with Crippen LogP contribution in [0.4, 0.5) is 0 Å². The zero-order valence-electron chi connectivity index (χ0n) is 28.7. The summed E-state index contributed by atoms with van der Waals surface area (Å²) in [6, 6.07) is 0. The summed E-state index contributed by atoms with van der Waals surface area (Å²) in [4.78, 5) is 47.8. The number of ether oxygens (including phenoxy) is 8. The van der Waals surface area contributed by atoms with Crippen LogP contribution in [0.15, 0.2) is 0 Å². The van der Waals surface area contributed by atoms with E-state index < -0.39 is 5.41 Å². The van der Waals surface area contributed by atoms with Crippen molar-refractivity contribution in [3.63, 3.8) is 0 Å². The lowest BCUT2D eigenvalue weighted by Gasteiger charge is -2.33. The Kier molecular flexibility index (Phi) is 34.5. The lowest BCUT2D eigenvalue weighted by atomic mass is 9.92. The van der Waals surface area contributed by atoms with E-state index in [1.807, 2.05) is 0 Å². The predicted octanol–water partition coefficient (Wildman–Crippen LogP) is 5.85. The summed E-state index contributed by atoms with van der Waals surface area (Å²) >= 11 is 22.7. The van der Waals surface area contributed by atoms with Crippen LogP contribution in [0.25, 0.3) is 0 Å². The largest absolute Gasteiger partial charge is 0.463 e. The maximum absolute atomic E-state index is 11.9. The highest BCUT2D eigenvalue weighted by Crippen LogP contribution is 2.21. The van der Waals surface area contributed by atoms with Crippen LogP contribution < -0.4 is 0 Å². The number of hydrogen-bond donors (Lipinski definition) is 0. The molecule has 0 atom stereocenters. The Balaban J connectivity index is 5.23. The number of halogens is 4. The molecule has 16 heteroatoms. The first kappa shape index (κ1) is 47.9. The van der Waals surface area contributed by atoms with Crippen molar-refractivity contribution in [2.45, 2.75) is 77.0 Å². The molecule has 49 heavy (non-hydrogen) atoms. The average Bonchev–Trinajstić information content (AvgIpc) is 3.08. The number of esters is 4. The Labute approximate surface area is 311 Å². The standard InChI is InChI=1S/C33H56Cl4O12/c34-13-5-1-9-29(38)46-21-17-42-25-33(26-43-18-22-47-30(39)10-2-6-14-35,27-44-19-23-48-31(40)11-3-7-15-36)28-45-20-24-49-32(41)12-4-8-16-37/h1-28H2. The molecule has 0 bridgehead atoms. The maximum Gasteiger partial charge on any atom is 0.305 e. The molecule has 0 saturated carbocycles. The minimum atomic E-state index is -0.872. The molecule has 0 aliphatic heterocycles. The summed E-state index contributed by atoms with van der Waals surface area (Å²) in [7, 11) is 0. The van der Waals surface area contributed by atoms with Gasteiger partial charge >= 0.3 is 23.9 Å². The number of unbranched alkanes of at least 4 members (excludes halogenated alkanes) is 4. The van der Waals surface area contributed by atoms with Gasteiger partial charge in [-0.2, -0.15) is 0 Å². The van der Waals surface area contributed by atoms with E-state index in [0.29, 0.717) is 49.2 Å². The van der Waals surface area contributed by atoms with Crippen LogP contribution in [0.1, 0.15) is 77.0 Å². The Bertz CT molecular complexity index is 704. The molecule has 0 aromatic rings. The van der Waals surface area contributed by atoms with Crippen LogP contribution in [0.2, 0.25) is 0 Å². The van der Waals surface area contributed by atoms with Crippen LogP contribution in [0.3, 0.4) is 0 Å². The quantitative estimate of drug-likeness (QED) is 0.0326. The van der Waals surface area contributed by atoms with Gasteiger partial charge < -0.3 is 37.9 Å². The van der Waals surface area contributed by atoms with Gasteiger partial charge in [0.15, 0.2) is 0 Å². The Morgan fingerprint density at radius 3 is 0.776 bits per heavy atom. The van der Waals surface area contributed by atoms with E-state index in [2.05, 4.69) is 0 Å². The predicted molar refractivity (Wildman–Crippen MR) is 188 cm³/mol. The molecule has 0 fully saturated rings. The summed E-state index contributed by atoms with van der Waals surface area (Å²) in [5.74, 6) is 0.600. The molecule has 12 nitrogen and oxygen atoms in total. The van der Waals surface area contributed by atoms with Crippen molar-refractivity contribution in [2.24, 2.45) is 5.41 Å². The average molecular weight is 787 g/mol. The van der Waals surface area contributed by atoms with Crippen molar-refractivity contribution in [3.8, 4) is 0 Å². The molecular formula is C33H56Cl4O12. The lowest BCUT2D eigenvalue weighted by molar-refractivity contribution is -0.151. The van der Waals surface area contributed by atoms with E-state index in [4.69, 9.17) is 84.3 Å². The molecule has 0 aromatic heterocycles. The van der Waals surface area contributed by atoms with Crippen molar-refractivity contribution in [1.82, 2.24) is 0 Å². The Hall–Kier alpha value is -1.12. The second-order valence-corrected chi connectivity index (χ2v) is 12.7. The fourth-order valence-electron chi connectivity index (χ4n) is 4.01. The van der Waals surface area contributed by atoms with Crippen molar-refractivity contribution < 1.29 is 57.1 Å². The SMILES string of the molecule is O=C(CCCCCl)OCCOCC(COCCOC(=O)CCCCCl)(COCCOC(=O)CCCCCl)COCCOC(=O)CCCCCl. The molecule has 0 unspecified atom stereocenters. The van der Waals surface area contributed by atoms with Crippen LogP contribution in [0.5, 0.6) is 0 Å². The third-order valence-corrected chi connectivity index (χ3v) is 7.72. The van der Waals surface area contributed by atoms with Gasteiger partial charge in [0.25, 0.3) is 0 Å². The van der Waals surface area contributed by atoms with Gasteiger partial charge in [-0.15, -0.1) is 46.4 Å². The first-order valence-corrected chi connectivity index (χ1v) is 19.1. The zero-order valence-corrected chi connectivity index (χ0v) is 31.7. The van der Waals surface area contributed by atoms with Crippen LogP contribution >= 0.6 is 46.4 Å². The topological polar surface area (TPSA) is 142 Å². The molecule has 0 spiro atoms. The van der Waals surface area contributed by atoms with Gasteiger partial charge in [-0.25, -0.2) is 0 Å². The molecule has 0 heterocycles. The third kappa shape index (κ3) is 31.4. The molecule has 0 rings (SSSR count). The normalized spacial score (nSPS) is 11.3. The second kappa shape index (κ2) is 35.3. The highest BCUT2D eigenvalue weighted by molar-refractivity contribution is 6.18. The van der Waals surface area contributed by atoms with Gasteiger partial charge in [-0.1, -0.05) is 0 Å². The number of carbonyl (C=O) groups excluding carboxylic acids is 4. The van der Waals surface area contributed by atoms with Crippen molar-refractivity contribution in [1.29, 1.82) is 0 Å². The smallest absolute Gasteiger partial charge is 0.305 e. The first-order chi connectivity index (χ1) is 23.8. The molecule has 0 saturated heterocycles. The number of alkyl halides is 4. The Morgan fingerprint density at radius 1 is 0.347 bits per heavy atom. The molecule has 0 aromatic carbocycles. The third-order valence-electron chi connectivity index (χ3n) is 6.65. The highest BCUT2D eigenvalue weighted by atomic mass is 35.5. The number of carbonyl (C=O) groups is 4. The van der Waals surface area contributed by atoms with Gasteiger partial charge in [0, 0.05) is 49.2 Å². The minimum Gasteiger partial charge on any atom is -0.463 e. The van der Waals surface area contributed by atoms with Crippen LogP contribution in [-0.2, 0) is 57.1 Å². The van der Waals surface area contributed by atoms with Gasteiger partial charge in [-0.3, -0.25) is 19.2 Å². The summed E-state index contributed by atoms with van der Waals surface area (Å²) in [5, 5.41) is 0. The van der Waals surface area contributed by atoms with Gasteiger partial charge in [0.1, 0.15) is 26.4 Å². The van der Waals surface area contributed by atoms with Crippen LogP contribution in [-0.4, -0.2) is 127 Å².